The number of alkyl carbamates (subject to hydrolysis) is 1. The summed E-state index contributed by atoms with van der Waals surface area (Å²) in [6.07, 6.45) is -0.412. The maximum absolute atomic E-state index is 13.2. The van der Waals surface area contributed by atoms with Gasteiger partial charge in [-0.1, -0.05) is 42.5 Å². The van der Waals surface area contributed by atoms with Crippen molar-refractivity contribution in [2.45, 2.75) is 45.3 Å². The van der Waals surface area contributed by atoms with Crippen molar-refractivity contribution in [1.82, 2.24) is 20.9 Å². The number of hydrogen-bond acceptors (Lipinski definition) is 6. The van der Waals surface area contributed by atoms with Crippen molar-refractivity contribution < 1.29 is 28.7 Å². The van der Waals surface area contributed by atoms with Gasteiger partial charge in [0.25, 0.3) is 11.8 Å². The fraction of sp³-hybridized carbons (Fsp3) is 0.370. The fourth-order valence-electron chi connectivity index (χ4n) is 3.82. The number of benzene rings is 2. The lowest BCUT2D eigenvalue weighted by atomic mass is 10.0. The highest BCUT2D eigenvalue weighted by Gasteiger charge is 2.42. The van der Waals surface area contributed by atoms with Gasteiger partial charge in [0.2, 0.25) is 11.8 Å². The molecule has 0 saturated carbocycles. The SMILES string of the molecule is CC(C)(C)OC(=O)NCCC(=O)NCCNC(=O)C(Cc1ccccc1)N1C(=O)c2ccccc2C1=O. The van der Waals surface area contributed by atoms with Gasteiger partial charge in [-0.2, -0.15) is 0 Å². The van der Waals surface area contributed by atoms with Crippen molar-refractivity contribution in [3.05, 3.63) is 71.3 Å². The molecular weight excluding hydrogens is 476 g/mol. The van der Waals surface area contributed by atoms with Crippen LogP contribution in [-0.4, -0.2) is 65.9 Å². The molecule has 37 heavy (non-hydrogen) atoms. The quantitative estimate of drug-likeness (QED) is 0.332. The number of rotatable bonds is 10. The number of carbonyl (C=O) groups excluding carboxylic acids is 5. The zero-order valence-electron chi connectivity index (χ0n) is 21.2. The van der Waals surface area contributed by atoms with Crippen molar-refractivity contribution in [3.8, 4) is 0 Å². The molecule has 0 aromatic heterocycles. The Labute approximate surface area is 215 Å². The molecule has 0 bridgehead atoms. The first-order chi connectivity index (χ1) is 17.6. The van der Waals surface area contributed by atoms with Gasteiger partial charge < -0.3 is 20.7 Å². The van der Waals surface area contributed by atoms with Gasteiger partial charge in [0.1, 0.15) is 11.6 Å². The lowest BCUT2D eigenvalue weighted by Crippen LogP contribution is -2.51. The van der Waals surface area contributed by atoms with Crippen LogP contribution < -0.4 is 16.0 Å². The number of hydrogen-bond donors (Lipinski definition) is 3. The Bertz CT molecular complexity index is 1120. The molecule has 3 N–H and O–H groups in total. The highest BCUT2D eigenvalue weighted by Crippen LogP contribution is 2.26. The topological polar surface area (TPSA) is 134 Å². The van der Waals surface area contributed by atoms with E-state index in [9.17, 15) is 24.0 Å². The number of fused-ring (bicyclic) bond motifs is 1. The summed E-state index contributed by atoms with van der Waals surface area (Å²) >= 11 is 0. The van der Waals surface area contributed by atoms with Gasteiger partial charge >= 0.3 is 6.09 Å². The summed E-state index contributed by atoms with van der Waals surface area (Å²) < 4.78 is 5.11. The molecule has 0 radical (unpaired) electrons. The van der Waals surface area contributed by atoms with E-state index in [4.69, 9.17) is 4.74 Å². The van der Waals surface area contributed by atoms with Crippen LogP contribution in [0.1, 0.15) is 53.5 Å². The first-order valence-corrected chi connectivity index (χ1v) is 12.1. The first-order valence-electron chi connectivity index (χ1n) is 12.1. The van der Waals surface area contributed by atoms with E-state index in [1.54, 1.807) is 45.0 Å². The van der Waals surface area contributed by atoms with Crippen molar-refractivity contribution in [1.29, 1.82) is 0 Å². The third kappa shape index (κ3) is 7.63. The zero-order chi connectivity index (χ0) is 27.0. The Morgan fingerprint density at radius 3 is 1.97 bits per heavy atom. The maximum atomic E-state index is 13.2. The maximum Gasteiger partial charge on any atom is 0.407 e. The Morgan fingerprint density at radius 1 is 0.811 bits per heavy atom. The molecule has 0 fully saturated rings. The van der Waals surface area contributed by atoms with Gasteiger partial charge in [-0.3, -0.25) is 24.1 Å². The van der Waals surface area contributed by atoms with E-state index in [0.29, 0.717) is 0 Å². The zero-order valence-corrected chi connectivity index (χ0v) is 21.2. The molecule has 0 saturated heterocycles. The van der Waals surface area contributed by atoms with E-state index in [-0.39, 0.29) is 49.5 Å². The van der Waals surface area contributed by atoms with Crippen LogP contribution in [0.3, 0.4) is 0 Å². The van der Waals surface area contributed by atoms with Crippen LogP contribution in [-0.2, 0) is 20.7 Å². The molecule has 1 heterocycles. The number of nitrogens with zero attached hydrogens (tertiary/aromatic N) is 1. The van der Waals surface area contributed by atoms with E-state index in [1.807, 2.05) is 30.3 Å². The third-order valence-corrected chi connectivity index (χ3v) is 5.48. The number of amides is 5. The molecule has 2 aromatic carbocycles. The summed E-state index contributed by atoms with van der Waals surface area (Å²) in [7, 11) is 0. The Kier molecular flexibility index (Phi) is 9.00. The smallest absolute Gasteiger partial charge is 0.407 e. The van der Waals surface area contributed by atoms with Gasteiger partial charge in [0.15, 0.2) is 0 Å². The molecule has 196 valence electrons. The second-order valence-electron chi connectivity index (χ2n) is 9.55. The summed E-state index contributed by atoms with van der Waals surface area (Å²) in [5.74, 6) is -1.84. The minimum atomic E-state index is -1.05. The van der Waals surface area contributed by atoms with Crippen molar-refractivity contribution in [3.63, 3.8) is 0 Å². The standard InChI is InChI=1S/C27H32N4O6/c1-27(2,3)37-26(36)30-14-13-22(32)28-15-16-29-23(33)21(17-18-9-5-4-6-10-18)31-24(34)19-11-7-8-12-20(19)25(31)35/h4-12,21H,13-17H2,1-3H3,(H,28,32)(H,29,33)(H,30,36). The summed E-state index contributed by atoms with van der Waals surface area (Å²) in [6, 6.07) is 14.6. The molecular formula is C27H32N4O6. The minimum absolute atomic E-state index is 0.0405. The van der Waals surface area contributed by atoms with E-state index < -0.39 is 35.5 Å². The molecule has 1 aliphatic heterocycles. The van der Waals surface area contributed by atoms with Gasteiger partial charge in [-0.15, -0.1) is 0 Å². The monoisotopic (exact) mass is 508 g/mol. The molecule has 10 heteroatoms. The van der Waals surface area contributed by atoms with Crippen molar-refractivity contribution >= 4 is 29.7 Å². The van der Waals surface area contributed by atoms with E-state index in [2.05, 4.69) is 16.0 Å². The Hall–Kier alpha value is -4.21. The second kappa shape index (κ2) is 12.2. The molecule has 3 rings (SSSR count). The average molecular weight is 509 g/mol. The predicted molar refractivity (Wildman–Crippen MR) is 136 cm³/mol. The minimum Gasteiger partial charge on any atom is -0.444 e. The highest BCUT2D eigenvalue weighted by atomic mass is 16.6. The molecule has 2 aromatic rings. The summed E-state index contributed by atoms with van der Waals surface area (Å²) in [5, 5.41) is 7.87. The number of ether oxygens (including phenoxy) is 1. The van der Waals surface area contributed by atoms with E-state index >= 15 is 0 Å². The molecule has 1 atom stereocenters. The van der Waals surface area contributed by atoms with Crippen LogP contribution in [0.2, 0.25) is 0 Å². The Balaban J connectivity index is 1.53. The van der Waals surface area contributed by atoms with E-state index in [1.165, 1.54) is 0 Å². The molecule has 0 aliphatic carbocycles. The Morgan fingerprint density at radius 2 is 1.38 bits per heavy atom. The van der Waals surface area contributed by atoms with Crippen LogP contribution in [0, 0.1) is 0 Å². The molecule has 5 amide bonds. The number of nitrogens with one attached hydrogen (secondary N) is 3. The normalized spacial score (nSPS) is 13.5. The second-order valence-corrected chi connectivity index (χ2v) is 9.55. The summed E-state index contributed by atoms with van der Waals surface area (Å²) in [4.78, 5) is 63.9. The van der Waals surface area contributed by atoms with Crippen LogP contribution in [0.25, 0.3) is 0 Å². The number of imide groups is 1. The lowest BCUT2D eigenvalue weighted by Gasteiger charge is -2.25. The highest BCUT2D eigenvalue weighted by molar-refractivity contribution is 6.22. The van der Waals surface area contributed by atoms with Crippen LogP contribution in [0.15, 0.2) is 54.6 Å². The van der Waals surface area contributed by atoms with E-state index in [0.717, 1.165) is 10.5 Å². The van der Waals surface area contributed by atoms with Crippen LogP contribution in [0.4, 0.5) is 4.79 Å². The predicted octanol–water partition coefficient (Wildman–Crippen LogP) is 2.04. The largest absolute Gasteiger partial charge is 0.444 e. The first kappa shape index (κ1) is 27.4. The van der Waals surface area contributed by atoms with Crippen molar-refractivity contribution in [2.24, 2.45) is 0 Å². The van der Waals surface area contributed by atoms with Gasteiger partial charge in [-0.25, -0.2) is 4.79 Å². The molecule has 10 nitrogen and oxygen atoms in total. The average Bonchev–Trinajstić information content (AvgIpc) is 3.09. The number of carbonyl (C=O) groups is 5. The van der Waals surface area contributed by atoms with Crippen LogP contribution in [0.5, 0.6) is 0 Å². The molecule has 1 aliphatic rings. The summed E-state index contributed by atoms with van der Waals surface area (Å²) in [6.45, 7) is 5.56. The summed E-state index contributed by atoms with van der Waals surface area (Å²) in [5.41, 5.74) is 0.706. The van der Waals surface area contributed by atoms with Gasteiger partial charge in [0.05, 0.1) is 11.1 Å². The molecule has 0 spiro atoms. The lowest BCUT2D eigenvalue weighted by molar-refractivity contribution is -0.125. The van der Waals surface area contributed by atoms with Gasteiger partial charge in [-0.05, 0) is 38.5 Å². The molecule has 1 unspecified atom stereocenters. The fourth-order valence-corrected chi connectivity index (χ4v) is 3.82. The van der Waals surface area contributed by atoms with Crippen LogP contribution >= 0.6 is 0 Å². The van der Waals surface area contributed by atoms with Crippen molar-refractivity contribution in [2.75, 3.05) is 19.6 Å². The third-order valence-electron chi connectivity index (χ3n) is 5.48. The van der Waals surface area contributed by atoms with Gasteiger partial charge in [0, 0.05) is 32.5 Å².